The van der Waals surface area contributed by atoms with Gasteiger partial charge in [-0.1, -0.05) is 41.6 Å². The lowest BCUT2D eigenvalue weighted by molar-refractivity contribution is 0.0788. The predicted octanol–water partition coefficient (Wildman–Crippen LogP) is 3.28. The SMILES string of the molecule is O=C(c1cccc(-n2cccn2)c1)N1C[C@H](c2ccccc2)[C@H](c2ncon2)C1. The molecule has 0 aliphatic carbocycles. The van der Waals surface area contributed by atoms with Crippen LogP contribution in [0.4, 0.5) is 0 Å². The Morgan fingerprint density at radius 1 is 1.00 bits per heavy atom. The van der Waals surface area contributed by atoms with Gasteiger partial charge in [0.1, 0.15) is 0 Å². The molecule has 0 unspecified atom stereocenters. The van der Waals surface area contributed by atoms with Gasteiger partial charge in [-0.2, -0.15) is 10.1 Å². The van der Waals surface area contributed by atoms with Gasteiger partial charge in [-0.3, -0.25) is 4.79 Å². The molecule has 7 heteroatoms. The van der Waals surface area contributed by atoms with Crippen LogP contribution >= 0.6 is 0 Å². The number of aromatic nitrogens is 4. The minimum atomic E-state index is -0.00840. The fraction of sp³-hybridized carbons (Fsp3) is 0.182. The molecule has 29 heavy (non-hydrogen) atoms. The highest BCUT2D eigenvalue weighted by molar-refractivity contribution is 5.95. The Labute approximate surface area is 167 Å². The normalized spacial score (nSPS) is 18.8. The Kier molecular flexibility index (Phi) is 4.40. The first-order valence-corrected chi connectivity index (χ1v) is 9.50. The Morgan fingerprint density at radius 3 is 2.62 bits per heavy atom. The molecule has 1 aliphatic heterocycles. The number of carbonyl (C=O) groups excluding carboxylic acids is 1. The summed E-state index contributed by atoms with van der Waals surface area (Å²) < 4.78 is 6.72. The van der Waals surface area contributed by atoms with Gasteiger partial charge < -0.3 is 9.42 Å². The number of carbonyl (C=O) groups is 1. The lowest BCUT2D eigenvalue weighted by Gasteiger charge is -2.17. The molecule has 2 aromatic heterocycles. The van der Waals surface area contributed by atoms with Crippen LogP contribution in [-0.2, 0) is 0 Å². The molecule has 4 aromatic rings. The first kappa shape index (κ1) is 17.4. The smallest absolute Gasteiger partial charge is 0.253 e. The third-order valence-corrected chi connectivity index (χ3v) is 5.41. The van der Waals surface area contributed by atoms with Crippen LogP contribution in [0, 0.1) is 0 Å². The van der Waals surface area contributed by atoms with Crippen molar-refractivity contribution in [3.63, 3.8) is 0 Å². The molecule has 2 aromatic carbocycles. The molecule has 2 atom stereocenters. The number of nitrogens with zero attached hydrogens (tertiary/aromatic N) is 5. The van der Waals surface area contributed by atoms with E-state index in [1.165, 1.54) is 12.0 Å². The summed E-state index contributed by atoms with van der Waals surface area (Å²) in [5.74, 6) is 0.742. The van der Waals surface area contributed by atoms with Crippen LogP contribution in [-0.4, -0.2) is 43.8 Å². The molecular formula is C22H19N5O2. The molecule has 0 N–H and O–H groups in total. The van der Waals surface area contributed by atoms with Crippen LogP contribution in [0.2, 0.25) is 0 Å². The number of rotatable bonds is 4. The van der Waals surface area contributed by atoms with Crippen LogP contribution < -0.4 is 0 Å². The van der Waals surface area contributed by atoms with Gasteiger partial charge in [0.15, 0.2) is 5.82 Å². The molecule has 5 rings (SSSR count). The summed E-state index contributed by atoms with van der Waals surface area (Å²) in [6.45, 7) is 1.15. The van der Waals surface area contributed by atoms with Crippen LogP contribution in [0.25, 0.3) is 5.69 Å². The molecular weight excluding hydrogens is 366 g/mol. The summed E-state index contributed by atoms with van der Waals surface area (Å²) in [6.07, 6.45) is 4.92. The largest absolute Gasteiger partial charge is 0.343 e. The molecule has 144 valence electrons. The van der Waals surface area contributed by atoms with Gasteiger partial charge in [0.2, 0.25) is 6.39 Å². The maximum Gasteiger partial charge on any atom is 0.253 e. The number of benzene rings is 2. The summed E-state index contributed by atoms with van der Waals surface area (Å²) in [7, 11) is 0. The zero-order valence-corrected chi connectivity index (χ0v) is 15.6. The monoisotopic (exact) mass is 385 g/mol. The Hall–Kier alpha value is -3.74. The second kappa shape index (κ2) is 7.35. The highest BCUT2D eigenvalue weighted by Gasteiger charge is 2.39. The third-order valence-electron chi connectivity index (χ3n) is 5.41. The summed E-state index contributed by atoms with van der Waals surface area (Å²) in [5.41, 5.74) is 2.66. The van der Waals surface area contributed by atoms with Crippen LogP contribution in [0.5, 0.6) is 0 Å². The van der Waals surface area contributed by atoms with Crippen LogP contribution in [0.3, 0.4) is 0 Å². The standard InChI is InChI=1S/C22H19N5O2/c28-22(17-8-4-9-18(12-17)27-11-5-10-24-27)26-13-19(16-6-2-1-3-7-16)20(14-26)21-23-15-29-25-21/h1-12,15,19-20H,13-14H2/t19-,20-/m1/s1. The molecule has 0 bridgehead atoms. The van der Waals surface area contributed by atoms with E-state index in [2.05, 4.69) is 27.4 Å². The van der Waals surface area contributed by atoms with E-state index >= 15 is 0 Å². The maximum absolute atomic E-state index is 13.3. The Balaban J connectivity index is 1.44. The summed E-state index contributed by atoms with van der Waals surface area (Å²) in [6, 6.07) is 19.6. The molecule has 1 amide bonds. The fourth-order valence-corrected chi connectivity index (χ4v) is 4.00. The Morgan fingerprint density at radius 2 is 1.86 bits per heavy atom. The zero-order chi connectivity index (χ0) is 19.6. The molecule has 1 aliphatic rings. The van der Waals surface area contributed by atoms with Gasteiger partial charge in [0, 0.05) is 42.9 Å². The first-order chi connectivity index (χ1) is 14.3. The molecule has 1 fully saturated rings. The molecule has 0 saturated carbocycles. The number of hydrogen-bond acceptors (Lipinski definition) is 5. The zero-order valence-electron chi connectivity index (χ0n) is 15.6. The number of likely N-dealkylation sites (tertiary alicyclic amines) is 1. The Bertz CT molecular complexity index is 1090. The van der Waals surface area contributed by atoms with E-state index in [-0.39, 0.29) is 17.7 Å². The van der Waals surface area contributed by atoms with Gasteiger partial charge in [-0.25, -0.2) is 4.68 Å². The van der Waals surface area contributed by atoms with Crippen molar-refractivity contribution >= 4 is 5.91 Å². The highest BCUT2D eigenvalue weighted by atomic mass is 16.5. The third kappa shape index (κ3) is 3.31. The van der Waals surface area contributed by atoms with E-state index in [9.17, 15) is 4.79 Å². The second-order valence-electron chi connectivity index (χ2n) is 7.12. The molecule has 7 nitrogen and oxygen atoms in total. The van der Waals surface area contributed by atoms with Gasteiger partial charge >= 0.3 is 0 Å². The van der Waals surface area contributed by atoms with Crippen molar-refractivity contribution in [2.75, 3.05) is 13.1 Å². The van der Waals surface area contributed by atoms with E-state index in [4.69, 9.17) is 4.52 Å². The first-order valence-electron chi connectivity index (χ1n) is 9.50. The van der Waals surface area contributed by atoms with Crippen molar-refractivity contribution < 1.29 is 9.32 Å². The minimum absolute atomic E-state index is 0.00519. The average molecular weight is 385 g/mol. The summed E-state index contributed by atoms with van der Waals surface area (Å²) in [5, 5.41) is 8.30. The van der Waals surface area contributed by atoms with Crippen molar-refractivity contribution in [2.24, 2.45) is 0 Å². The maximum atomic E-state index is 13.3. The molecule has 0 radical (unpaired) electrons. The van der Waals surface area contributed by atoms with Crippen molar-refractivity contribution in [1.82, 2.24) is 24.8 Å². The molecule has 3 heterocycles. The van der Waals surface area contributed by atoms with E-state index < -0.39 is 0 Å². The fourth-order valence-electron chi connectivity index (χ4n) is 4.00. The van der Waals surface area contributed by atoms with Gasteiger partial charge in [0.05, 0.1) is 5.69 Å². The average Bonchev–Trinajstić information content (AvgIpc) is 3.55. The molecule has 1 saturated heterocycles. The number of hydrogen-bond donors (Lipinski definition) is 0. The van der Waals surface area contributed by atoms with E-state index in [1.807, 2.05) is 59.6 Å². The molecule has 0 spiro atoms. The van der Waals surface area contributed by atoms with E-state index in [1.54, 1.807) is 10.9 Å². The number of amides is 1. The van der Waals surface area contributed by atoms with Gasteiger partial charge in [-0.05, 0) is 29.8 Å². The van der Waals surface area contributed by atoms with Crippen molar-refractivity contribution in [2.45, 2.75) is 11.8 Å². The highest BCUT2D eigenvalue weighted by Crippen LogP contribution is 2.38. The predicted molar refractivity (Wildman–Crippen MR) is 106 cm³/mol. The summed E-state index contributed by atoms with van der Waals surface area (Å²) >= 11 is 0. The lowest BCUT2D eigenvalue weighted by Crippen LogP contribution is -2.29. The van der Waals surface area contributed by atoms with E-state index in [0.717, 1.165) is 5.69 Å². The van der Waals surface area contributed by atoms with Crippen molar-refractivity contribution in [1.29, 1.82) is 0 Å². The topological polar surface area (TPSA) is 77.0 Å². The second-order valence-corrected chi connectivity index (χ2v) is 7.12. The van der Waals surface area contributed by atoms with Crippen LogP contribution in [0.15, 0.2) is 84.0 Å². The quantitative estimate of drug-likeness (QED) is 0.539. The van der Waals surface area contributed by atoms with Gasteiger partial charge in [0.25, 0.3) is 5.91 Å². The summed E-state index contributed by atoms with van der Waals surface area (Å²) in [4.78, 5) is 19.4. The van der Waals surface area contributed by atoms with Crippen LogP contribution in [0.1, 0.15) is 33.6 Å². The van der Waals surface area contributed by atoms with Crippen molar-refractivity contribution in [3.05, 3.63) is 96.4 Å². The van der Waals surface area contributed by atoms with Crippen molar-refractivity contribution in [3.8, 4) is 5.69 Å². The van der Waals surface area contributed by atoms with E-state index in [0.29, 0.717) is 24.5 Å². The minimum Gasteiger partial charge on any atom is -0.343 e. The lowest BCUT2D eigenvalue weighted by atomic mass is 9.88. The van der Waals surface area contributed by atoms with Gasteiger partial charge in [-0.15, -0.1) is 0 Å².